The molecule has 108 valence electrons. The number of hydrogen-bond donors (Lipinski definition) is 2. The number of anilines is 2. The molecule has 0 aliphatic carbocycles. The summed E-state index contributed by atoms with van der Waals surface area (Å²) in [5, 5.41) is 5.59. The number of carbonyl (C=O) groups is 2. The number of benzene rings is 2. The van der Waals surface area contributed by atoms with Crippen molar-refractivity contribution in [2.24, 2.45) is 0 Å². The van der Waals surface area contributed by atoms with Gasteiger partial charge in [0.2, 0.25) is 11.8 Å². The average Bonchev–Trinajstić information content (AvgIpc) is 2.49. The smallest absolute Gasteiger partial charge is 0.224 e. The van der Waals surface area contributed by atoms with E-state index in [1.165, 1.54) is 0 Å². The molecule has 0 aliphatic rings. The summed E-state index contributed by atoms with van der Waals surface area (Å²) in [6, 6.07) is 18.6. The van der Waals surface area contributed by atoms with Crippen molar-refractivity contribution >= 4 is 23.2 Å². The summed E-state index contributed by atoms with van der Waals surface area (Å²) < 4.78 is 0. The summed E-state index contributed by atoms with van der Waals surface area (Å²) in [5.41, 5.74) is 1.55. The van der Waals surface area contributed by atoms with Crippen molar-refractivity contribution in [3.8, 4) is 0 Å². The molecule has 2 aromatic carbocycles. The summed E-state index contributed by atoms with van der Waals surface area (Å²) in [6.07, 6.45) is 1.19. The maximum absolute atomic E-state index is 11.7. The number of para-hydroxylation sites is 2. The van der Waals surface area contributed by atoms with E-state index in [1.54, 1.807) is 0 Å². The fraction of sp³-hybridized carbons (Fsp3) is 0.176. The van der Waals surface area contributed by atoms with Crippen LogP contribution in [0, 0.1) is 0 Å². The molecular weight excluding hydrogens is 264 g/mol. The largest absolute Gasteiger partial charge is 0.326 e. The molecule has 0 fully saturated rings. The second-order valence-electron chi connectivity index (χ2n) is 4.68. The molecular formula is C17H18N2O2. The van der Waals surface area contributed by atoms with Crippen LogP contribution in [0.25, 0.3) is 0 Å². The second-order valence-corrected chi connectivity index (χ2v) is 4.68. The number of rotatable bonds is 6. The van der Waals surface area contributed by atoms with Gasteiger partial charge in [-0.05, 0) is 30.7 Å². The molecule has 0 bridgehead atoms. The zero-order valence-corrected chi connectivity index (χ0v) is 11.7. The van der Waals surface area contributed by atoms with E-state index in [4.69, 9.17) is 0 Å². The lowest BCUT2D eigenvalue weighted by Crippen LogP contribution is -2.14. The molecule has 0 saturated carbocycles. The Morgan fingerprint density at radius 2 is 1.05 bits per heavy atom. The fourth-order valence-corrected chi connectivity index (χ4v) is 1.90. The Balaban J connectivity index is 1.67. The third-order valence-electron chi connectivity index (χ3n) is 2.92. The molecule has 4 heteroatoms. The lowest BCUT2D eigenvalue weighted by molar-refractivity contribution is -0.117. The van der Waals surface area contributed by atoms with Crippen LogP contribution in [0.15, 0.2) is 60.7 Å². The molecule has 0 aliphatic heterocycles. The van der Waals surface area contributed by atoms with Gasteiger partial charge in [-0.15, -0.1) is 0 Å². The van der Waals surface area contributed by atoms with Crippen LogP contribution in [-0.2, 0) is 9.59 Å². The Labute approximate surface area is 124 Å². The molecule has 0 radical (unpaired) electrons. The van der Waals surface area contributed by atoms with Gasteiger partial charge < -0.3 is 10.6 Å². The first-order valence-corrected chi connectivity index (χ1v) is 6.94. The molecule has 2 amide bonds. The Bertz CT molecular complexity index is 529. The lowest BCUT2D eigenvalue weighted by atomic mass is 10.2. The SMILES string of the molecule is O=C(CCCC(=O)Nc1ccccc1)Nc1ccccc1. The average molecular weight is 282 g/mol. The number of hydrogen-bond acceptors (Lipinski definition) is 2. The van der Waals surface area contributed by atoms with Gasteiger partial charge in [-0.2, -0.15) is 0 Å². The second kappa shape index (κ2) is 7.85. The molecule has 0 unspecified atom stereocenters. The molecule has 21 heavy (non-hydrogen) atoms. The molecule has 2 aromatic rings. The van der Waals surface area contributed by atoms with Gasteiger partial charge in [0.05, 0.1) is 0 Å². The van der Waals surface area contributed by atoms with E-state index >= 15 is 0 Å². The minimum absolute atomic E-state index is 0.0753. The minimum Gasteiger partial charge on any atom is -0.326 e. The quantitative estimate of drug-likeness (QED) is 0.852. The predicted molar refractivity (Wildman–Crippen MR) is 84.0 cm³/mol. The van der Waals surface area contributed by atoms with Gasteiger partial charge in [0.15, 0.2) is 0 Å². The first kappa shape index (κ1) is 14.8. The van der Waals surface area contributed by atoms with Gasteiger partial charge in [0.1, 0.15) is 0 Å². The standard InChI is InChI=1S/C17H18N2O2/c20-16(18-14-8-3-1-4-9-14)12-7-13-17(21)19-15-10-5-2-6-11-15/h1-6,8-11H,7,12-13H2,(H,18,20)(H,19,21). The molecule has 0 saturated heterocycles. The Morgan fingerprint density at radius 1 is 0.667 bits per heavy atom. The molecule has 0 atom stereocenters. The summed E-state index contributed by atoms with van der Waals surface area (Å²) in [4.78, 5) is 23.4. The summed E-state index contributed by atoms with van der Waals surface area (Å²) >= 11 is 0. The highest BCUT2D eigenvalue weighted by Crippen LogP contribution is 2.09. The first-order chi connectivity index (χ1) is 10.2. The van der Waals surface area contributed by atoms with Crippen LogP contribution in [0.5, 0.6) is 0 Å². The molecule has 4 nitrogen and oxygen atoms in total. The lowest BCUT2D eigenvalue weighted by Gasteiger charge is -2.06. The highest BCUT2D eigenvalue weighted by atomic mass is 16.2. The van der Waals surface area contributed by atoms with Crippen molar-refractivity contribution in [3.05, 3.63) is 60.7 Å². The van der Waals surface area contributed by atoms with E-state index in [2.05, 4.69) is 10.6 Å². The Morgan fingerprint density at radius 3 is 1.43 bits per heavy atom. The van der Waals surface area contributed by atoms with Crippen LogP contribution in [0.3, 0.4) is 0 Å². The van der Waals surface area contributed by atoms with Crippen molar-refractivity contribution in [2.75, 3.05) is 10.6 Å². The van der Waals surface area contributed by atoms with E-state index in [-0.39, 0.29) is 11.8 Å². The summed E-state index contributed by atoms with van der Waals surface area (Å²) in [7, 11) is 0. The van der Waals surface area contributed by atoms with Crippen LogP contribution in [0.2, 0.25) is 0 Å². The topological polar surface area (TPSA) is 58.2 Å². The zero-order chi connectivity index (χ0) is 14.9. The first-order valence-electron chi connectivity index (χ1n) is 6.94. The van der Waals surface area contributed by atoms with Crippen molar-refractivity contribution in [3.63, 3.8) is 0 Å². The number of amides is 2. The van der Waals surface area contributed by atoms with E-state index in [9.17, 15) is 9.59 Å². The van der Waals surface area contributed by atoms with Gasteiger partial charge in [-0.25, -0.2) is 0 Å². The highest BCUT2D eigenvalue weighted by molar-refractivity contribution is 5.92. The van der Waals surface area contributed by atoms with Gasteiger partial charge >= 0.3 is 0 Å². The normalized spacial score (nSPS) is 9.90. The number of nitrogens with one attached hydrogen (secondary N) is 2. The minimum atomic E-state index is -0.0753. The van der Waals surface area contributed by atoms with Gasteiger partial charge in [0, 0.05) is 24.2 Å². The monoisotopic (exact) mass is 282 g/mol. The predicted octanol–water partition coefficient (Wildman–Crippen LogP) is 3.43. The Kier molecular flexibility index (Phi) is 5.52. The number of carbonyl (C=O) groups excluding carboxylic acids is 2. The fourth-order valence-electron chi connectivity index (χ4n) is 1.90. The van der Waals surface area contributed by atoms with Crippen LogP contribution in [-0.4, -0.2) is 11.8 Å². The summed E-state index contributed by atoms with van der Waals surface area (Å²) in [5.74, 6) is -0.151. The third kappa shape index (κ3) is 5.48. The van der Waals surface area contributed by atoms with E-state index in [1.807, 2.05) is 60.7 Å². The maximum Gasteiger partial charge on any atom is 0.224 e. The van der Waals surface area contributed by atoms with Crippen LogP contribution >= 0.6 is 0 Å². The van der Waals surface area contributed by atoms with E-state index < -0.39 is 0 Å². The van der Waals surface area contributed by atoms with Crippen LogP contribution in [0.4, 0.5) is 11.4 Å². The van der Waals surface area contributed by atoms with Crippen molar-refractivity contribution in [2.45, 2.75) is 19.3 Å². The molecule has 0 spiro atoms. The van der Waals surface area contributed by atoms with Gasteiger partial charge in [0.25, 0.3) is 0 Å². The van der Waals surface area contributed by atoms with E-state index in [0.29, 0.717) is 19.3 Å². The van der Waals surface area contributed by atoms with Crippen molar-refractivity contribution in [1.82, 2.24) is 0 Å². The van der Waals surface area contributed by atoms with E-state index in [0.717, 1.165) is 11.4 Å². The molecule has 0 aromatic heterocycles. The zero-order valence-electron chi connectivity index (χ0n) is 11.7. The maximum atomic E-state index is 11.7. The summed E-state index contributed by atoms with van der Waals surface area (Å²) in [6.45, 7) is 0. The molecule has 0 heterocycles. The van der Waals surface area contributed by atoms with Crippen molar-refractivity contribution < 1.29 is 9.59 Å². The van der Waals surface area contributed by atoms with Gasteiger partial charge in [-0.3, -0.25) is 9.59 Å². The van der Waals surface area contributed by atoms with Crippen LogP contribution in [0.1, 0.15) is 19.3 Å². The third-order valence-corrected chi connectivity index (χ3v) is 2.92. The highest BCUT2D eigenvalue weighted by Gasteiger charge is 2.05. The van der Waals surface area contributed by atoms with Crippen LogP contribution < -0.4 is 10.6 Å². The Hall–Kier alpha value is -2.62. The van der Waals surface area contributed by atoms with Crippen molar-refractivity contribution in [1.29, 1.82) is 0 Å². The molecule has 2 N–H and O–H groups in total. The molecule has 2 rings (SSSR count). The van der Waals surface area contributed by atoms with Gasteiger partial charge in [-0.1, -0.05) is 36.4 Å².